The van der Waals surface area contributed by atoms with Crippen molar-refractivity contribution in [2.75, 3.05) is 16.6 Å². The number of anilines is 2. The van der Waals surface area contributed by atoms with Crippen molar-refractivity contribution >= 4 is 36.5 Å². The van der Waals surface area contributed by atoms with E-state index in [1.54, 1.807) is 13.0 Å². The van der Waals surface area contributed by atoms with Crippen molar-refractivity contribution in [3.8, 4) is 11.5 Å². The molecule has 3 aromatic carbocycles. The van der Waals surface area contributed by atoms with Crippen LogP contribution in [0.25, 0.3) is 0 Å². The molecule has 1 saturated carbocycles. The Bertz CT molecular complexity index is 1360. The number of nitrogens with one attached hydrogen (secondary N) is 2. The first-order valence-corrected chi connectivity index (χ1v) is 13.5. The summed E-state index contributed by atoms with van der Waals surface area (Å²) in [7, 11) is -2.16. The Morgan fingerprint density at radius 3 is 2.42 bits per heavy atom. The van der Waals surface area contributed by atoms with Gasteiger partial charge in [-0.05, 0) is 49.6 Å². The van der Waals surface area contributed by atoms with Crippen molar-refractivity contribution < 1.29 is 27.1 Å². The molecule has 3 aromatic rings. The van der Waals surface area contributed by atoms with Crippen LogP contribution in [0.5, 0.6) is 11.5 Å². The summed E-state index contributed by atoms with van der Waals surface area (Å²) in [4.78, 5) is 13.0. The molecule has 0 heterocycles. The zero-order chi connectivity index (χ0) is 26.0. The first-order valence-electron chi connectivity index (χ1n) is 11.5. The maximum absolute atomic E-state index is 13.8. The molecule has 1 aliphatic carbocycles. The summed E-state index contributed by atoms with van der Waals surface area (Å²) in [6.07, 6.45) is 1.50. The highest BCUT2D eigenvalue weighted by Gasteiger charge is 2.51. The summed E-state index contributed by atoms with van der Waals surface area (Å²) in [5.74, 6) is 0.113. The molecule has 2 N–H and O–H groups in total. The van der Waals surface area contributed by atoms with Crippen molar-refractivity contribution in [3.05, 3.63) is 78.4 Å². The van der Waals surface area contributed by atoms with Gasteiger partial charge < -0.3 is 14.8 Å². The van der Waals surface area contributed by atoms with E-state index in [2.05, 4.69) is 10.0 Å². The minimum absolute atomic E-state index is 0.0979. The average molecular weight is 531 g/mol. The Balaban J connectivity index is 1.56. The summed E-state index contributed by atoms with van der Waals surface area (Å²) in [6.45, 7) is 3.18. The lowest BCUT2D eigenvalue weighted by Gasteiger charge is -2.19. The van der Waals surface area contributed by atoms with Gasteiger partial charge in [0, 0.05) is 24.7 Å². The number of rotatable bonds is 10. The average Bonchev–Trinajstić information content (AvgIpc) is 3.61. The van der Waals surface area contributed by atoms with Crippen LogP contribution in [0.15, 0.2) is 77.7 Å². The summed E-state index contributed by atoms with van der Waals surface area (Å²) in [5, 5.41) is 2.91. The smallest absolute Gasteiger partial charge is 0.265 e. The van der Waals surface area contributed by atoms with Crippen LogP contribution in [0.2, 0.25) is 0 Å². The molecule has 0 aliphatic heterocycles. The molecule has 10 heteroatoms. The number of amides is 1. The van der Waals surface area contributed by atoms with Crippen LogP contribution in [0.3, 0.4) is 0 Å². The molecule has 0 radical (unpaired) electrons. The summed E-state index contributed by atoms with van der Waals surface area (Å²) < 4.78 is 53.4. The quantitative estimate of drug-likeness (QED) is 0.340. The number of hydrogen-bond acceptors (Lipinski definition) is 5. The molecule has 36 heavy (non-hydrogen) atoms. The van der Waals surface area contributed by atoms with Crippen LogP contribution in [0.1, 0.15) is 32.3 Å². The van der Waals surface area contributed by atoms with Gasteiger partial charge in [-0.3, -0.25) is 9.52 Å². The number of carbonyl (C=O) groups is 1. The third-order valence-electron chi connectivity index (χ3n) is 5.71. The molecule has 190 valence electrons. The van der Waals surface area contributed by atoms with E-state index in [1.807, 2.05) is 39.6 Å². The third-order valence-corrected chi connectivity index (χ3v) is 7.24. The Kier molecular flexibility index (Phi) is 7.25. The highest BCUT2D eigenvalue weighted by molar-refractivity contribution is 7.92. The van der Waals surface area contributed by atoms with Gasteiger partial charge in [0.2, 0.25) is 5.91 Å². The molecule has 2 unspecified atom stereocenters. The van der Waals surface area contributed by atoms with E-state index in [1.165, 1.54) is 43.3 Å². The van der Waals surface area contributed by atoms with Crippen LogP contribution in [0.4, 0.5) is 15.8 Å². The van der Waals surface area contributed by atoms with Crippen LogP contribution < -0.4 is 19.5 Å². The van der Waals surface area contributed by atoms with E-state index in [-0.39, 0.29) is 34.6 Å². The molecular weight excluding hydrogens is 502 g/mol. The molecule has 1 aliphatic rings. The third kappa shape index (κ3) is 5.97. The van der Waals surface area contributed by atoms with Crippen molar-refractivity contribution in [2.24, 2.45) is 0 Å². The Hall–Kier alpha value is -3.16. The monoisotopic (exact) mass is 530 g/mol. The predicted octanol–water partition coefficient (Wildman–Crippen LogP) is 5.45. The van der Waals surface area contributed by atoms with Crippen LogP contribution >= 0.6 is 9.24 Å². The standard InChI is InChI=1S/C26H28FN2O5PS/c1-3-33-22-17-19(28-24(30)26(14-15-26)18-8-5-4-6-9-18)12-13-23(22)36(31,32)29-20-10-7-11-21(16-20)34-25(2,27)35/h4-13,16-17,29H,3,14-15,35H2,1-2H3,(H,28,30). The van der Waals surface area contributed by atoms with Gasteiger partial charge in [0.25, 0.3) is 15.6 Å². The number of alkyl halides is 1. The number of hydrogen-bond donors (Lipinski definition) is 2. The highest BCUT2D eigenvalue weighted by Crippen LogP contribution is 2.49. The van der Waals surface area contributed by atoms with Crippen molar-refractivity contribution in [2.45, 2.75) is 42.6 Å². The largest absolute Gasteiger partial charge is 0.492 e. The lowest BCUT2D eigenvalue weighted by molar-refractivity contribution is -0.118. The molecule has 4 rings (SSSR count). The fraction of sp³-hybridized carbons (Fsp3) is 0.269. The molecule has 0 spiro atoms. The van der Waals surface area contributed by atoms with Gasteiger partial charge in [-0.25, -0.2) is 8.42 Å². The highest BCUT2D eigenvalue weighted by atomic mass is 32.2. The van der Waals surface area contributed by atoms with E-state index in [0.717, 1.165) is 18.4 Å². The molecule has 0 aromatic heterocycles. The Labute approximate surface area is 212 Å². The lowest BCUT2D eigenvalue weighted by Crippen LogP contribution is -2.27. The predicted molar refractivity (Wildman–Crippen MR) is 141 cm³/mol. The zero-order valence-corrected chi connectivity index (χ0v) is 21.9. The van der Waals surface area contributed by atoms with Gasteiger partial charge in [-0.1, -0.05) is 45.6 Å². The van der Waals surface area contributed by atoms with Crippen LogP contribution in [-0.2, 0) is 20.2 Å². The summed E-state index contributed by atoms with van der Waals surface area (Å²) >= 11 is 0. The maximum atomic E-state index is 13.8. The van der Waals surface area contributed by atoms with Crippen molar-refractivity contribution in [1.82, 2.24) is 0 Å². The number of halogens is 1. The Morgan fingerprint density at radius 2 is 1.78 bits per heavy atom. The maximum Gasteiger partial charge on any atom is 0.265 e. The van der Waals surface area contributed by atoms with E-state index < -0.39 is 21.0 Å². The molecule has 7 nitrogen and oxygen atoms in total. The molecule has 0 bridgehead atoms. The number of benzene rings is 3. The minimum Gasteiger partial charge on any atom is -0.492 e. The first-order chi connectivity index (χ1) is 17.0. The molecule has 1 amide bonds. The first kappa shape index (κ1) is 25.9. The zero-order valence-electron chi connectivity index (χ0n) is 20.0. The van der Waals surface area contributed by atoms with E-state index in [0.29, 0.717) is 5.69 Å². The van der Waals surface area contributed by atoms with Gasteiger partial charge in [0.1, 0.15) is 16.4 Å². The fourth-order valence-electron chi connectivity index (χ4n) is 3.92. The van der Waals surface area contributed by atoms with Crippen LogP contribution in [-0.4, -0.2) is 26.5 Å². The second kappa shape index (κ2) is 10.1. The van der Waals surface area contributed by atoms with Gasteiger partial charge in [0.15, 0.2) is 0 Å². The number of carbonyl (C=O) groups excluding carboxylic acids is 1. The SMILES string of the molecule is CCOc1cc(NC(=O)C2(c3ccccc3)CC2)ccc1S(=O)(=O)Nc1cccc(OC(C)(F)P)c1. The van der Waals surface area contributed by atoms with Gasteiger partial charge in [-0.2, -0.15) is 4.39 Å². The topological polar surface area (TPSA) is 93.7 Å². The van der Waals surface area contributed by atoms with Gasteiger partial charge >= 0.3 is 0 Å². The van der Waals surface area contributed by atoms with Crippen LogP contribution in [0, 0.1) is 0 Å². The molecule has 1 fully saturated rings. The van der Waals surface area contributed by atoms with E-state index in [9.17, 15) is 17.6 Å². The molecule has 2 atom stereocenters. The second-order valence-electron chi connectivity index (χ2n) is 8.72. The van der Waals surface area contributed by atoms with Gasteiger partial charge in [-0.15, -0.1) is 0 Å². The Morgan fingerprint density at radius 1 is 1.06 bits per heavy atom. The van der Waals surface area contributed by atoms with Gasteiger partial charge in [0.05, 0.1) is 17.7 Å². The fourth-order valence-corrected chi connectivity index (χ4v) is 5.23. The second-order valence-corrected chi connectivity index (χ2v) is 11.4. The van der Waals surface area contributed by atoms with Crippen molar-refractivity contribution in [3.63, 3.8) is 0 Å². The molecule has 0 saturated heterocycles. The van der Waals surface area contributed by atoms with E-state index in [4.69, 9.17) is 9.47 Å². The lowest BCUT2D eigenvalue weighted by atomic mass is 9.95. The number of ether oxygens (including phenoxy) is 2. The van der Waals surface area contributed by atoms with Crippen molar-refractivity contribution in [1.29, 1.82) is 0 Å². The number of sulfonamides is 1. The molecular formula is C26H28FN2O5PS. The normalized spacial score (nSPS) is 15.9. The van der Waals surface area contributed by atoms with E-state index >= 15 is 0 Å². The summed E-state index contributed by atoms with van der Waals surface area (Å²) in [6, 6.07) is 20.0. The summed E-state index contributed by atoms with van der Waals surface area (Å²) in [5.41, 5.74) is -0.988. The minimum atomic E-state index is -4.07.